The third-order valence-corrected chi connectivity index (χ3v) is 5.45. The van der Waals surface area contributed by atoms with Crippen LogP contribution in [0.15, 0.2) is 42.9 Å². The van der Waals surface area contributed by atoms with Crippen LogP contribution in [-0.2, 0) is 0 Å². The van der Waals surface area contributed by atoms with Crippen molar-refractivity contribution in [1.29, 1.82) is 0 Å². The van der Waals surface area contributed by atoms with Crippen molar-refractivity contribution < 1.29 is 0 Å². The molecule has 1 aromatic carbocycles. The number of para-hydroxylation sites is 1. The number of anilines is 3. The van der Waals surface area contributed by atoms with Crippen molar-refractivity contribution in [2.75, 3.05) is 37.3 Å². The Morgan fingerprint density at radius 2 is 1.83 bits per heavy atom. The number of hydrogen-bond acceptors (Lipinski definition) is 7. The molecule has 0 saturated carbocycles. The second-order valence-corrected chi connectivity index (χ2v) is 8.15. The van der Waals surface area contributed by atoms with E-state index in [1.165, 1.54) is 5.92 Å². The fourth-order valence-corrected chi connectivity index (χ4v) is 3.89. The average Bonchev–Trinajstić information content (AvgIpc) is 3.24. The van der Waals surface area contributed by atoms with E-state index in [9.17, 15) is 0 Å². The summed E-state index contributed by atoms with van der Waals surface area (Å²) >= 11 is 0. The van der Waals surface area contributed by atoms with Gasteiger partial charge in [-0.1, -0.05) is 32.0 Å². The Hall–Kier alpha value is -3.00. The Kier molecular flexibility index (Phi) is 5.94. The van der Waals surface area contributed by atoms with E-state index in [2.05, 4.69) is 38.7 Å². The lowest BCUT2D eigenvalue weighted by atomic mass is 9.93. The van der Waals surface area contributed by atoms with Crippen LogP contribution in [0.2, 0.25) is 0 Å². The van der Waals surface area contributed by atoms with Gasteiger partial charge in [0.1, 0.15) is 6.33 Å². The highest BCUT2D eigenvalue weighted by Gasteiger charge is 2.23. The van der Waals surface area contributed by atoms with Gasteiger partial charge in [-0.25, -0.2) is 4.98 Å². The van der Waals surface area contributed by atoms with Gasteiger partial charge in [-0.05, 0) is 44.0 Å². The highest BCUT2D eigenvalue weighted by atomic mass is 15.3. The summed E-state index contributed by atoms with van der Waals surface area (Å²) in [7, 11) is 1.91. The van der Waals surface area contributed by atoms with Crippen molar-refractivity contribution in [3.8, 4) is 5.95 Å². The lowest BCUT2D eigenvalue weighted by Gasteiger charge is -2.32. The quantitative estimate of drug-likeness (QED) is 0.673. The average molecular weight is 406 g/mol. The molecule has 8 nitrogen and oxygen atoms in total. The van der Waals surface area contributed by atoms with Crippen LogP contribution in [0, 0.1) is 5.92 Å². The number of piperidine rings is 1. The van der Waals surface area contributed by atoms with Crippen LogP contribution in [0.4, 0.5) is 17.6 Å². The molecule has 2 N–H and O–H groups in total. The van der Waals surface area contributed by atoms with Crippen LogP contribution in [0.3, 0.4) is 0 Å². The van der Waals surface area contributed by atoms with E-state index < -0.39 is 0 Å². The van der Waals surface area contributed by atoms with E-state index in [0.29, 0.717) is 17.8 Å². The first kappa shape index (κ1) is 20.3. The summed E-state index contributed by atoms with van der Waals surface area (Å²) in [5.41, 5.74) is 8.05. The second-order valence-electron chi connectivity index (χ2n) is 8.15. The van der Waals surface area contributed by atoms with Crippen LogP contribution < -0.4 is 10.6 Å². The van der Waals surface area contributed by atoms with E-state index in [4.69, 9.17) is 5.73 Å². The zero-order chi connectivity index (χ0) is 21.1. The summed E-state index contributed by atoms with van der Waals surface area (Å²) in [6.45, 7) is 7.68. The maximum atomic E-state index is 5.99. The highest BCUT2D eigenvalue weighted by molar-refractivity contribution is 5.57. The summed E-state index contributed by atoms with van der Waals surface area (Å²) in [5.74, 6) is 3.09. The van der Waals surface area contributed by atoms with E-state index in [-0.39, 0.29) is 5.95 Å². The summed E-state index contributed by atoms with van der Waals surface area (Å²) < 4.78 is 1.84. The van der Waals surface area contributed by atoms with Gasteiger partial charge in [-0.3, -0.25) is 4.57 Å². The van der Waals surface area contributed by atoms with Crippen molar-refractivity contribution in [2.24, 2.45) is 0 Å². The molecule has 0 unspecified atom stereocenters. The minimum Gasteiger partial charge on any atom is -0.368 e. The molecular weight excluding hydrogens is 376 g/mol. The van der Waals surface area contributed by atoms with Crippen LogP contribution in [-0.4, -0.2) is 56.1 Å². The Bertz CT molecular complexity index is 960. The standard InChI is InChI=1S/C22H29N8/c1-16(2)13-29-11-9-17(10-12-29)19-14-30(15-24-19)22-26-20(23)25-21(27-22)28(3)18-7-5-4-6-8-18/h4-8,14-15,17H,9-13H2,1-3H3,(H2,23,25,26,27). The smallest absolute Gasteiger partial charge is 0.241 e. The number of rotatable bonds is 6. The molecule has 1 fully saturated rings. The topological polar surface area (TPSA) is 89.0 Å². The molecule has 0 aliphatic carbocycles. The molecule has 1 saturated heterocycles. The molecule has 0 atom stereocenters. The van der Waals surface area contributed by atoms with E-state index in [0.717, 1.165) is 43.9 Å². The van der Waals surface area contributed by atoms with Gasteiger partial charge in [-0.15, -0.1) is 0 Å². The minimum absolute atomic E-state index is 0.188. The first-order valence-electron chi connectivity index (χ1n) is 10.4. The number of aromatic nitrogens is 5. The Labute approximate surface area is 177 Å². The zero-order valence-corrected chi connectivity index (χ0v) is 17.9. The van der Waals surface area contributed by atoms with E-state index >= 15 is 0 Å². The van der Waals surface area contributed by atoms with Crippen molar-refractivity contribution >= 4 is 17.6 Å². The number of benzene rings is 1. The molecule has 157 valence electrons. The van der Waals surface area contributed by atoms with E-state index in [1.54, 1.807) is 6.33 Å². The summed E-state index contributed by atoms with van der Waals surface area (Å²) in [4.78, 5) is 22.3. The first-order chi connectivity index (χ1) is 14.5. The fraction of sp³-hybridized carbons (Fsp3) is 0.409. The molecule has 0 amide bonds. The normalized spacial score (nSPS) is 15.6. The minimum atomic E-state index is 0.188. The second kappa shape index (κ2) is 8.79. The van der Waals surface area contributed by atoms with Gasteiger partial charge in [0.25, 0.3) is 0 Å². The van der Waals surface area contributed by atoms with Gasteiger partial charge in [-0.2, -0.15) is 15.0 Å². The molecule has 1 radical (unpaired) electrons. The van der Waals surface area contributed by atoms with E-state index in [1.807, 2.05) is 53.0 Å². The Morgan fingerprint density at radius 3 is 2.53 bits per heavy atom. The van der Waals surface area contributed by atoms with Crippen molar-refractivity contribution in [1.82, 2.24) is 29.4 Å². The molecule has 3 heterocycles. The number of hydrogen-bond donors (Lipinski definition) is 1. The maximum Gasteiger partial charge on any atom is 0.241 e. The zero-order valence-electron chi connectivity index (χ0n) is 17.9. The molecule has 0 spiro atoms. The van der Waals surface area contributed by atoms with Crippen LogP contribution in [0.5, 0.6) is 0 Å². The van der Waals surface area contributed by atoms with Gasteiger partial charge in [0.2, 0.25) is 17.8 Å². The predicted molar refractivity (Wildman–Crippen MR) is 119 cm³/mol. The number of nitrogens with two attached hydrogens (primary N) is 1. The molecule has 1 aliphatic rings. The number of nitrogens with zero attached hydrogens (tertiary/aromatic N) is 7. The van der Waals surface area contributed by atoms with Gasteiger partial charge in [0, 0.05) is 31.4 Å². The van der Waals surface area contributed by atoms with Crippen molar-refractivity contribution in [3.63, 3.8) is 0 Å². The predicted octanol–water partition coefficient (Wildman–Crippen LogP) is 3.20. The van der Waals surface area contributed by atoms with Gasteiger partial charge in [0.05, 0.1) is 5.69 Å². The molecule has 8 heteroatoms. The summed E-state index contributed by atoms with van der Waals surface area (Å²) in [6.07, 6.45) is 6.03. The molecular formula is C22H29N8. The number of likely N-dealkylation sites (tertiary alicyclic amines) is 1. The molecule has 3 aromatic rings. The largest absolute Gasteiger partial charge is 0.368 e. The highest BCUT2D eigenvalue weighted by Crippen LogP contribution is 2.28. The van der Waals surface area contributed by atoms with Crippen LogP contribution >= 0.6 is 0 Å². The third kappa shape index (κ3) is 4.59. The summed E-state index contributed by atoms with van der Waals surface area (Å²) in [5, 5.41) is 0. The van der Waals surface area contributed by atoms with Crippen LogP contribution in [0.25, 0.3) is 5.95 Å². The number of imidazole rings is 1. The lowest BCUT2D eigenvalue weighted by Crippen LogP contribution is -2.35. The molecule has 0 bridgehead atoms. The lowest BCUT2D eigenvalue weighted by molar-refractivity contribution is 0.218. The fourth-order valence-electron chi connectivity index (χ4n) is 3.89. The number of nitrogen functional groups attached to an aromatic ring is 1. The molecule has 2 aromatic heterocycles. The SMILES string of the molecule is C[C](C)CN1CCC(c2cn(-c3nc(N)nc(N(C)c4ccccc4)n3)cn2)CC1. The van der Waals surface area contributed by atoms with Gasteiger partial charge >= 0.3 is 0 Å². The Morgan fingerprint density at radius 1 is 1.10 bits per heavy atom. The molecule has 30 heavy (non-hydrogen) atoms. The molecule has 1 aliphatic heterocycles. The Balaban J connectivity index is 1.50. The van der Waals surface area contributed by atoms with Crippen molar-refractivity contribution in [3.05, 3.63) is 54.5 Å². The third-order valence-electron chi connectivity index (χ3n) is 5.45. The van der Waals surface area contributed by atoms with Gasteiger partial charge in [0.15, 0.2) is 0 Å². The first-order valence-corrected chi connectivity index (χ1v) is 10.4. The van der Waals surface area contributed by atoms with Crippen LogP contribution in [0.1, 0.15) is 38.3 Å². The summed E-state index contributed by atoms with van der Waals surface area (Å²) in [6, 6.07) is 9.93. The van der Waals surface area contributed by atoms with Gasteiger partial charge < -0.3 is 15.5 Å². The van der Waals surface area contributed by atoms with Crippen molar-refractivity contribution in [2.45, 2.75) is 32.6 Å². The monoisotopic (exact) mass is 405 g/mol. The molecule has 4 rings (SSSR count). The maximum absolute atomic E-state index is 5.99.